The predicted molar refractivity (Wildman–Crippen MR) is 174 cm³/mol. The molecule has 224 valence electrons. The molecule has 0 aliphatic heterocycles. The van der Waals surface area contributed by atoms with Crippen LogP contribution >= 0.6 is 27.5 Å². The molecule has 0 saturated carbocycles. The Labute approximate surface area is 266 Å². The number of rotatable bonds is 13. The third kappa shape index (κ3) is 8.69. The van der Waals surface area contributed by atoms with Crippen LogP contribution in [0.1, 0.15) is 24.5 Å². The van der Waals surface area contributed by atoms with Crippen molar-refractivity contribution in [3.63, 3.8) is 0 Å². The number of sulfonamides is 1. The molecule has 4 aromatic carbocycles. The lowest BCUT2D eigenvalue weighted by atomic mass is 10.0. The minimum atomic E-state index is -4.18. The van der Waals surface area contributed by atoms with Crippen molar-refractivity contribution < 1.29 is 18.0 Å². The third-order valence-corrected chi connectivity index (χ3v) is 9.34. The van der Waals surface area contributed by atoms with Crippen molar-refractivity contribution in [2.45, 2.75) is 37.2 Å². The summed E-state index contributed by atoms with van der Waals surface area (Å²) in [7, 11) is -4.18. The van der Waals surface area contributed by atoms with Crippen LogP contribution in [0, 0.1) is 0 Å². The van der Waals surface area contributed by atoms with E-state index in [0.29, 0.717) is 11.6 Å². The largest absolute Gasteiger partial charge is 0.354 e. The van der Waals surface area contributed by atoms with Crippen molar-refractivity contribution in [2.24, 2.45) is 0 Å². The van der Waals surface area contributed by atoms with E-state index >= 15 is 0 Å². The number of nitrogens with zero attached hydrogens (tertiary/aromatic N) is 2. The molecule has 0 radical (unpaired) electrons. The number of halogens is 2. The van der Waals surface area contributed by atoms with Gasteiger partial charge in [0.25, 0.3) is 10.0 Å². The summed E-state index contributed by atoms with van der Waals surface area (Å²) in [6.45, 7) is 1.95. The van der Waals surface area contributed by atoms with Crippen molar-refractivity contribution in [3.05, 3.63) is 130 Å². The van der Waals surface area contributed by atoms with Gasteiger partial charge in [0, 0.05) is 29.0 Å². The van der Waals surface area contributed by atoms with Crippen LogP contribution in [0.15, 0.2) is 119 Å². The Hall–Kier alpha value is -3.66. The number of hydrogen-bond acceptors (Lipinski definition) is 4. The van der Waals surface area contributed by atoms with E-state index in [0.717, 1.165) is 26.3 Å². The van der Waals surface area contributed by atoms with Gasteiger partial charge in [-0.25, -0.2) is 8.42 Å². The number of nitrogens with one attached hydrogen (secondary N) is 1. The van der Waals surface area contributed by atoms with Crippen molar-refractivity contribution in [1.29, 1.82) is 0 Å². The maximum Gasteiger partial charge on any atom is 0.264 e. The zero-order chi connectivity index (χ0) is 30.8. The Kier molecular flexibility index (Phi) is 11.4. The fraction of sp³-hybridized carbons (Fsp3) is 0.212. The van der Waals surface area contributed by atoms with Gasteiger partial charge in [-0.1, -0.05) is 101 Å². The highest BCUT2D eigenvalue weighted by molar-refractivity contribution is 9.10. The van der Waals surface area contributed by atoms with Crippen LogP contribution in [0.2, 0.25) is 5.02 Å². The maximum absolute atomic E-state index is 14.4. The van der Waals surface area contributed by atoms with Gasteiger partial charge in [0.1, 0.15) is 12.6 Å². The predicted octanol–water partition coefficient (Wildman–Crippen LogP) is 6.46. The van der Waals surface area contributed by atoms with Crippen LogP contribution in [0.5, 0.6) is 0 Å². The van der Waals surface area contributed by atoms with Gasteiger partial charge in [0.15, 0.2) is 0 Å². The molecule has 4 rings (SSSR count). The van der Waals surface area contributed by atoms with E-state index in [1.54, 1.807) is 36.4 Å². The van der Waals surface area contributed by atoms with Gasteiger partial charge in [0.05, 0.1) is 10.6 Å². The minimum absolute atomic E-state index is 0.0313. The Morgan fingerprint density at radius 1 is 0.860 bits per heavy atom. The number of hydrogen-bond donors (Lipinski definition) is 1. The van der Waals surface area contributed by atoms with Crippen LogP contribution < -0.4 is 9.62 Å². The lowest BCUT2D eigenvalue weighted by molar-refractivity contribution is -0.140. The Morgan fingerprint density at radius 2 is 1.51 bits per heavy atom. The van der Waals surface area contributed by atoms with Crippen LogP contribution in [-0.2, 0) is 32.6 Å². The van der Waals surface area contributed by atoms with Crippen LogP contribution in [0.25, 0.3) is 0 Å². The average Bonchev–Trinajstić information content (AvgIpc) is 3.02. The normalized spacial score (nSPS) is 11.9. The summed E-state index contributed by atoms with van der Waals surface area (Å²) in [4.78, 5) is 29.5. The van der Waals surface area contributed by atoms with Gasteiger partial charge in [-0.15, -0.1) is 0 Å². The fourth-order valence-corrected chi connectivity index (χ4v) is 6.46. The van der Waals surface area contributed by atoms with Crippen molar-refractivity contribution >= 4 is 55.1 Å². The lowest BCUT2D eigenvalue weighted by Gasteiger charge is -2.34. The van der Waals surface area contributed by atoms with Gasteiger partial charge < -0.3 is 10.2 Å². The van der Waals surface area contributed by atoms with Crippen molar-refractivity contribution in [1.82, 2.24) is 10.2 Å². The first kappa shape index (κ1) is 32.3. The summed E-state index contributed by atoms with van der Waals surface area (Å²) >= 11 is 9.71. The second kappa shape index (κ2) is 15.2. The molecule has 1 N–H and O–H groups in total. The van der Waals surface area contributed by atoms with Crippen LogP contribution in [0.3, 0.4) is 0 Å². The molecule has 1 atom stereocenters. The maximum atomic E-state index is 14.4. The molecular formula is C33H33BrClN3O4S. The van der Waals surface area contributed by atoms with Crippen molar-refractivity contribution in [2.75, 3.05) is 17.4 Å². The summed E-state index contributed by atoms with van der Waals surface area (Å²) in [5, 5.41) is 3.27. The van der Waals surface area contributed by atoms with Gasteiger partial charge in [-0.05, 0) is 60.0 Å². The molecule has 0 saturated heterocycles. The Balaban J connectivity index is 1.78. The minimum Gasteiger partial charge on any atom is -0.354 e. The van der Waals surface area contributed by atoms with Crippen LogP contribution in [0.4, 0.5) is 5.69 Å². The van der Waals surface area contributed by atoms with E-state index in [1.807, 2.05) is 61.5 Å². The van der Waals surface area contributed by atoms with Crippen LogP contribution in [-0.4, -0.2) is 44.3 Å². The zero-order valence-corrected chi connectivity index (χ0v) is 26.9. The quantitative estimate of drug-likeness (QED) is 0.175. The molecule has 10 heteroatoms. The second-order valence-corrected chi connectivity index (χ2v) is 13.2. The first-order valence-electron chi connectivity index (χ1n) is 13.9. The number of amides is 2. The number of carbonyl (C=O) groups excluding carboxylic acids is 2. The van der Waals surface area contributed by atoms with E-state index in [1.165, 1.54) is 23.1 Å². The van der Waals surface area contributed by atoms with Gasteiger partial charge in [-0.2, -0.15) is 0 Å². The molecule has 43 heavy (non-hydrogen) atoms. The molecule has 0 aromatic heterocycles. The molecule has 0 aliphatic carbocycles. The Morgan fingerprint density at radius 3 is 2.14 bits per heavy atom. The second-order valence-electron chi connectivity index (χ2n) is 9.95. The summed E-state index contributed by atoms with van der Waals surface area (Å²) in [6, 6.07) is 30.3. The highest BCUT2D eigenvalue weighted by Gasteiger charge is 2.34. The summed E-state index contributed by atoms with van der Waals surface area (Å²) in [5.41, 5.74) is 1.90. The van der Waals surface area contributed by atoms with E-state index < -0.39 is 28.5 Å². The zero-order valence-electron chi connectivity index (χ0n) is 23.7. The van der Waals surface area contributed by atoms with Gasteiger partial charge >= 0.3 is 0 Å². The monoisotopic (exact) mass is 681 g/mol. The molecule has 2 amide bonds. The topological polar surface area (TPSA) is 86.8 Å². The molecule has 0 heterocycles. The fourth-order valence-electron chi connectivity index (χ4n) is 4.59. The number of benzene rings is 4. The summed E-state index contributed by atoms with van der Waals surface area (Å²) < 4.78 is 29.8. The molecular weight excluding hydrogens is 650 g/mol. The van der Waals surface area contributed by atoms with Gasteiger partial charge in [0.2, 0.25) is 11.8 Å². The van der Waals surface area contributed by atoms with E-state index in [-0.39, 0.29) is 29.5 Å². The summed E-state index contributed by atoms with van der Waals surface area (Å²) in [5.74, 6) is -0.841. The molecule has 1 unspecified atom stereocenters. The first-order valence-corrected chi connectivity index (χ1v) is 16.5. The molecule has 0 bridgehead atoms. The third-order valence-electron chi connectivity index (χ3n) is 6.79. The molecule has 7 nitrogen and oxygen atoms in total. The molecule has 0 spiro atoms. The molecule has 4 aromatic rings. The molecule has 0 fully saturated rings. The average molecular weight is 683 g/mol. The smallest absolute Gasteiger partial charge is 0.264 e. The lowest BCUT2D eigenvalue weighted by Crippen LogP contribution is -2.53. The van der Waals surface area contributed by atoms with Gasteiger partial charge in [-0.3, -0.25) is 13.9 Å². The SMILES string of the molecule is CCCNC(=O)C(Cc1ccccc1)N(Cc1ccc(Br)cc1)C(=O)CN(c1cccc(Cl)c1)S(=O)(=O)c1ccccc1. The number of anilines is 1. The number of carbonyl (C=O) groups is 2. The highest BCUT2D eigenvalue weighted by atomic mass is 79.9. The van der Waals surface area contributed by atoms with Crippen molar-refractivity contribution in [3.8, 4) is 0 Å². The first-order chi connectivity index (χ1) is 20.7. The summed E-state index contributed by atoms with van der Waals surface area (Å²) in [6.07, 6.45) is 0.976. The van der Waals surface area contributed by atoms with E-state index in [9.17, 15) is 18.0 Å². The Bertz CT molecular complexity index is 1620. The standard InChI is InChI=1S/C33H33BrClN3O4S/c1-2-20-36-33(40)31(21-25-10-5-3-6-11-25)37(23-26-16-18-27(34)19-17-26)32(39)24-38(29-13-9-12-28(35)22-29)43(41,42)30-14-7-4-8-15-30/h3-19,22,31H,2,20-21,23-24H2,1H3,(H,36,40). The highest BCUT2D eigenvalue weighted by Crippen LogP contribution is 2.27. The van der Waals surface area contributed by atoms with E-state index in [4.69, 9.17) is 11.6 Å². The molecule has 0 aliphatic rings. The van der Waals surface area contributed by atoms with E-state index in [2.05, 4.69) is 21.2 Å².